The van der Waals surface area contributed by atoms with Gasteiger partial charge in [0.25, 0.3) is 0 Å². The Morgan fingerprint density at radius 3 is 2.92 bits per heavy atom. The number of hydrogen-bond acceptors (Lipinski definition) is 7. The molecule has 128 valence electrons. The fourth-order valence-corrected chi connectivity index (χ4v) is 4.27. The Morgan fingerprint density at radius 2 is 2.12 bits per heavy atom. The van der Waals surface area contributed by atoms with Crippen LogP contribution in [0.25, 0.3) is 11.0 Å². The third-order valence-electron chi connectivity index (χ3n) is 4.44. The number of fused-ring (bicyclic) bond motifs is 1. The highest BCUT2D eigenvalue weighted by Gasteiger charge is 2.36. The molecule has 2 fully saturated rings. The van der Waals surface area contributed by atoms with Crippen molar-refractivity contribution in [1.82, 2.24) is 23.5 Å². The van der Waals surface area contributed by atoms with Gasteiger partial charge in [0.15, 0.2) is 5.16 Å². The molecule has 7 nitrogen and oxygen atoms in total. The lowest BCUT2D eigenvalue weighted by Crippen LogP contribution is -2.15. The Kier molecular flexibility index (Phi) is 3.70. The lowest BCUT2D eigenvalue weighted by Gasteiger charge is -2.08. The van der Waals surface area contributed by atoms with E-state index >= 15 is 0 Å². The van der Waals surface area contributed by atoms with E-state index in [1.54, 1.807) is 0 Å². The SMILES string of the molecule is O=C(CSc1nnc(C2CC2)n1C1CC1)Nc1cccc2nsnc12. The molecule has 0 saturated heterocycles. The van der Waals surface area contributed by atoms with E-state index in [-0.39, 0.29) is 5.91 Å². The lowest BCUT2D eigenvalue weighted by atomic mass is 10.2. The number of nitrogens with one attached hydrogen (secondary N) is 1. The van der Waals surface area contributed by atoms with Gasteiger partial charge in [-0.2, -0.15) is 8.75 Å². The van der Waals surface area contributed by atoms with E-state index in [4.69, 9.17) is 0 Å². The smallest absolute Gasteiger partial charge is 0.234 e. The Hall–Kier alpha value is -2.00. The number of carbonyl (C=O) groups excluding carboxylic acids is 1. The minimum Gasteiger partial charge on any atom is -0.323 e. The summed E-state index contributed by atoms with van der Waals surface area (Å²) in [5.74, 6) is 1.93. The van der Waals surface area contributed by atoms with Crippen molar-refractivity contribution in [1.29, 1.82) is 0 Å². The Balaban J connectivity index is 1.28. The van der Waals surface area contributed by atoms with Gasteiger partial charge in [0, 0.05) is 12.0 Å². The number of amides is 1. The fraction of sp³-hybridized carbons (Fsp3) is 0.438. The van der Waals surface area contributed by atoms with Crippen molar-refractivity contribution in [3.63, 3.8) is 0 Å². The van der Waals surface area contributed by atoms with E-state index in [1.165, 1.54) is 37.4 Å². The van der Waals surface area contributed by atoms with Crippen molar-refractivity contribution in [3.8, 4) is 0 Å². The number of carbonyl (C=O) groups is 1. The molecule has 2 saturated carbocycles. The zero-order valence-corrected chi connectivity index (χ0v) is 15.0. The van der Waals surface area contributed by atoms with Crippen LogP contribution in [0.4, 0.5) is 5.69 Å². The van der Waals surface area contributed by atoms with E-state index in [2.05, 4.69) is 28.8 Å². The lowest BCUT2D eigenvalue weighted by molar-refractivity contribution is -0.113. The van der Waals surface area contributed by atoms with E-state index in [0.717, 1.165) is 33.7 Å². The summed E-state index contributed by atoms with van der Waals surface area (Å²) in [5, 5.41) is 12.5. The second kappa shape index (κ2) is 6.06. The molecule has 5 rings (SSSR count). The topological polar surface area (TPSA) is 85.6 Å². The van der Waals surface area contributed by atoms with Crippen molar-refractivity contribution in [2.24, 2.45) is 0 Å². The molecule has 0 radical (unpaired) electrons. The van der Waals surface area contributed by atoms with Gasteiger partial charge in [0.1, 0.15) is 16.9 Å². The minimum absolute atomic E-state index is 0.0659. The van der Waals surface area contributed by atoms with Crippen molar-refractivity contribution in [2.45, 2.75) is 42.8 Å². The van der Waals surface area contributed by atoms with Crippen LogP contribution in [-0.4, -0.2) is 35.2 Å². The number of thioether (sulfide) groups is 1. The first-order valence-electron chi connectivity index (χ1n) is 8.38. The van der Waals surface area contributed by atoms with Crippen LogP contribution in [0.3, 0.4) is 0 Å². The summed E-state index contributed by atoms with van der Waals surface area (Å²) in [7, 11) is 0. The van der Waals surface area contributed by atoms with E-state index < -0.39 is 0 Å². The summed E-state index contributed by atoms with van der Waals surface area (Å²) in [4.78, 5) is 12.4. The fourth-order valence-electron chi connectivity index (χ4n) is 2.91. The van der Waals surface area contributed by atoms with Gasteiger partial charge in [-0.25, -0.2) is 0 Å². The molecular formula is C16H16N6OS2. The zero-order chi connectivity index (χ0) is 16.8. The van der Waals surface area contributed by atoms with Crippen LogP contribution in [0, 0.1) is 0 Å². The first-order chi connectivity index (χ1) is 12.3. The highest BCUT2D eigenvalue weighted by molar-refractivity contribution is 7.99. The summed E-state index contributed by atoms with van der Waals surface area (Å²) in [6.07, 6.45) is 4.80. The highest BCUT2D eigenvalue weighted by Crippen LogP contribution is 2.45. The van der Waals surface area contributed by atoms with Crippen LogP contribution < -0.4 is 5.32 Å². The second-order valence-electron chi connectivity index (χ2n) is 6.49. The van der Waals surface area contributed by atoms with Gasteiger partial charge < -0.3 is 9.88 Å². The first kappa shape index (κ1) is 15.3. The Labute approximate surface area is 152 Å². The van der Waals surface area contributed by atoms with Crippen molar-refractivity contribution >= 4 is 46.1 Å². The minimum atomic E-state index is -0.0659. The van der Waals surface area contributed by atoms with Gasteiger partial charge in [-0.15, -0.1) is 10.2 Å². The maximum Gasteiger partial charge on any atom is 0.234 e. The normalized spacial score (nSPS) is 17.1. The largest absolute Gasteiger partial charge is 0.323 e. The summed E-state index contributed by atoms with van der Waals surface area (Å²) in [6, 6.07) is 6.15. The van der Waals surface area contributed by atoms with Gasteiger partial charge in [-0.05, 0) is 37.8 Å². The maximum atomic E-state index is 12.4. The van der Waals surface area contributed by atoms with Crippen LogP contribution in [0.2, 0.25) is 0 Å². The molecule has 2 heterocycles. The van der Waals surface area contributed by atoms with Gasteiger partial charge in [-0.3, -0.25) is 4.79 Å². The average molecular weight is 372 g/mol. The number of hydrogen-bond donors (Lipinski definition) is 1. The molecule has 1 amide bonds. The van der Waals surface area contributed by atoms with Crippen LogP contribution >= 0.6 is 23.5 Å². The molecule has 0 unspecified atom stereocenters. The molecule has 25 heavy (non-hydrogen) atoms. The molecule has 0 bridgehead atoms. The van der Waals surface area contributed by atoms with Gasteiger partial charge in [-0.1, -0.05) is 17.8 Å². The molecule has 9 heteroatoms. The second-order valence-corrected chi connectivity index (χ2v) is 7.96. The summed E-state index contributed by atoms with van der Waals surface area (Å²) in [6.45, 7) is 0. The first-order valence-corrected chi connectivity index (χ1v) is 10.1. The molecule has 1 aromatic carbocycles. The van der Waals surface area contributed by atoms with E-state index in [1.807, 2.05) is 18.2 Å². The molecule has 0 atom stereocenters. The third kappa shape index (κ3) is 3.02. The molecule has 2 aliphatic rings. The van der Waals surface area contributed by atoms with Crippen molar-refractivity contribution < 1.29 is 4.79 Å². The van der Waals surface area contributed by atoms with Crippen LogP contribution in [0.1, 0.15) is 43.5 Å². The number of rotatable bonds is 6. The summed E-state index contributed by atoms with van der Waals surface area (Å²) in [5.41, 5.74) is 2.25. The highest BCUT2D eigenvalue weighted by atomic mass is 32.2. The number of nitrogens with zero attached hydrogens (tertiary/aromatic N) is 5. The standard InChI is InChI=1S/C16H16N6OS2/c23-13(17-11-2-1-3-12-14(11)21-25-20-12)8-24-16-19-18-15(9-4-5-9)22(16)10-6-7-10/h1-3,9-10H,4-8H2,(H,17,23). The van der Waals surface area contributed by atoms with E-state index in [9.17, 15) is 4.79 Å². The van der Waals surface area contributed by atoms with Gasteiger partial charge in [0.05, 0.1) is 23.2 Å². The van der Waals surface area contributed by atoms with Crippen molar-refractivity contribution in [2.75, 3.05) is 11.1 Å². The zero-order valence-electron chi connectivity index (χ0n) is 13.4. The number of aromatic nitrogens is 5. The Bertz CT molecular complexity index is 943. The molecule has 2 aromatic heterocycles. The maximum absolute atomic E-state index is 12.4. The molecular weight excluding hydrogens is 356 g/mol. The average Bonchev–Trinajstić information content (AvgIpc) is 3.54. The number of anilines is 1. The van der Waals surface area contributed by atoms with Crippen LogP contribution in [-0.2, 0) is 4.79 Å². The monoisotopic (exact) mass is 372 g/mol. The quantitative estimate of drug-likeness (QED) is 0.669. The predicted octanol–water partition coefficient (Wildman–Crippen LogP) is 3.23. The molecule has 0 aliphatic heterocycles. The van der Waals surface area contributed by atoms with Crippen LogP contribution in [0.15, 0.2) is 23.4 Å². The summed E-state index contributed by atoms with van der Waals surface area (Å²) >= 11 is 2.61. The van der Waals surface area contributed by atoms with Gasteiger partial charge >= 0.3 is 0 Å². The molecule has 3 aromatic rings. The van der Waals surface area contributed by atoms with Crippen molar-refractivity contribution in [3.05, 3.63) is 24.0 Å². The summed E-state index contributed by atoms with van der Waals surface area (Å²) < 4.78 is 10.7. The molecule has 1 N–H and O–H groups in total. The van der Waals surface area contributed by atoms with E-state index in [0.29, 0.717) is 23.4 Å². The molecule has 2 aliphatic carbocycles. The predicted molar refractivity (Wildman–Crippen MR) is 97.0 cm³/mol. The van der Waals surface area contributed by atoms with Gasteiger partial charge in [0.2, 0.25) is 5.91 Å². The number of benzene rings is 1. The molecule has 0 spiro atoms. The van der Waals surface area contributed by atoms with Crippen LogP contribution in [0.5, 0.6) is 0 Å². The third-order valence-corrected chi connectivity index (χ3v) is 5.92. The Morgan fingerprint density at radius 1 is 1.24 bits per heavy atom.